The summed E-state index contributed by atoms with van der Waals surface area (Å²) in [5.41, 5.74) is 4.19. The quantitative estimate of drug-likeness (QED) is 0.911. The van der Waals surface area contributed by atoms with Crippen molar-refractivity contribution in [3.05, 3.63) is 51.0 Å². The second-order valence-corrected chi connectivity index (χ2v) is 6.63. The Balaban J connectivity index is 1.91. The van der Waals surface area contributed by atoms with E-state index in [-0.39, 0.29) is 0 Å². The molecule has 3 rings (SSSR count). The minimum atomic E-state index is 0.405. The molecule has 3 heteroatoms. The zero-order valence-electron chi connectivity index (χ0n) is 12.4. The van der Waals surface area contributed by atoms with Crippen molar-refractivity contribution in [3.8, 4) is 0 Å². The van der Waals surface area contributed by atoms with E-state index in [1.54, 1.807) is 0 Å². The fraction of sp³-hybridized carbons (Fsp3) is 0.471. The number of rotatable bonds is 4. The Labute approximate surface area is 125 Å². The molecule has 20 heavy (non-hydrogen) atoms. The van der Waals surface area contributed by atoms with Gasteiger partial charge in [-0.15, -0.1) is 11.3 Å². The minimum Gasteiger partial charge on any atom is -0.310 e. The Hall–Kier alpha value is -1.19. The molecule has 0 amide bonds. The summed E-state index contributed by atoms with van der Waals surface area (Å²) in [5, 5.41) is 4.79. The van der Waals surface area contributed by atoms with Crippen molar-refractivity contribution < 1.29 is 0 Å². The van der Waals surface area contributed by atoms with E-state index in [9.17, 15) is 0 Å². The van der Waals surface area contributed by atoms with Gasteiger partial charge in [-0.2, -0.15) is 0 Å². The Kier molecular flexibility index (Phi) is 3.90. The molecule has 1 N–H and O–H groups in total. The van der Waals surface area contributed by atoms with Gasteiger partial charge in [0.25, 0.3) is 0 Å². The van der Waals surface area contributed by atoms with Gasteiger partial charge in [-0.05, 0) is 44.4 Å². The lowest BCUT2D eigenvalue weighted by Crippen LogP contribution is -2.17. The largest absolute Gasteiger partial charge is 0.310 e. The predicted octanol–water partition coefficient (Wildman–Crippen LogP) is 4.20. The van der Waals surface area contributed by atoms with Crippen LogP contribution in [0.25, 0.3) is 0 Å². The molecular weight excluding hydrogens is 264 g/mol. The predicted molar refractivity (Wildman–Crippen MR) is 85.5 cm³/mol. The van der Waals surface area contributed by atoms with Crippen molar-refractivity contribution in [1.29, 1.82) is 0 Å². The van der Waals surface area contributed by atoms with E-state index >= 15 is 0 Å². The molecule has 2 aromatic rings. The van der Waals surface area contributed by atoms with Gasteiger partial charge in [0, 0.05) is 16.8 Å². The molecule has 0 fully saturated rings. The minimum absolute atomic E-state index is 0.405. The fourth-order valence-corrected chi connectivity index (χ4v) is 4.44. The first-order valence-electron chi connectivity index (χ1n) is 7.49. The lowest BCUT2D eigenvalue weighted by atomic mass is 10.0. The van der Waals surface area contributed by atoms with Crippen molar-refractivity contribution >= 4 is 11.3 Å². The SMILES string of the molecule is CCNC(C)c1sc(C2CCc3ccccc32)nc1C. The van der Waals surface area contributed by atoms with Crippen LogP contribution in [0, 0.1) is 6.92 Å². The summed E-state index contributed by atoms with van der Waals surface area (Å²) in [6.45, 7) is 7.53. The summed E-state index contributed by atoms with van der Waals surface area (Å²) >= 11 is 1.89. The van der Waals surface area contributed by atoms with Gasteiger partial charge in [0.05, 0.1) is 5.69 Å². The van der Waals surface area contributed by atoms with Crippen LogP contribution in [0.2, 0.25) is 0 Å². The number of hydrogen-bond donors (Lipinski definition) is 1. The van der Waals surface area contributed by atoms with Crippen LogP contribution in [0.15, 0.2) is 24.3 Å². The van der Waals surface area contributed by atoms with Gasteiger partial charge in [0.15, 0.2) is 0 Å². The molecule has 1 heterocycles. The molecule has 0 bridgehead atoms. The molecule has 1 aliphatic carbocycles. The van der Waals surface area contributed by atoms with E-state index in [0.29, 0.717) is 12.0 Å². The topological polar surface area (TPSA) is 24.9 Å². The molecule has 1 aromatic carbocycles. The number of benzene rings is 1. The van der Waals surface area contributed by atoms with Crippen molar-refractivity contribution in [3.63, 3.8) is 0 Å². The lowest BCUT2D eigenvalue weighted by molar-refractivity contribution is 0.603. The van der Waals surface area contributed by atoms with Gasteiger partial charge in [-0.25, -0.2) is 4.98 Å². The van der Waals surface area contributed by atoms with Gasteiger partial charge in [0.2, 0.25) is 0 Å². The first-order chi connectivity index (χ1) is 9.70. The highest BCUT2D eigenvalue weighted by molar-refractivity contribution is 7.12. The number of fused-ring (bicyclic) bond motifs is 1. The third-order valence-electron chi connectivity index (χ3n) is 4.18. The molecule has 0 saturated heterocycles. The van der Waals surface area contributed by atoms with Crippen LogP contribution >= 0.6 is 11.3 Å². The van der Waals surface area contributed by atoms with Crippen LogP contribution in [-0.2, 0) is 6.42 Å². The molecule has 1 aliphatic rings. The molecule has 2 atom stereocenters. The molecule has 2 unspecified atom stereocenters. The van der Waals surface area contributed by atoms with Crippen molar-refractivity contribution in [2.75, 3.05) is 6.54 Å². The molecular formula is C17H22N2S. The molecule has 0 spiro atoms. The molecule has 0 aliphatic heterocycles. The van der Waals surface area contributed by atoms with E-state index in [2.05, 4.69) is 50.4 Å². The average Bonchev–Trinajstić information content (AvgIpc) is 3.02. The standard InChI is InChI=1S/C17H22N2S/c1-4-18-11(2)16-12(3)19-17(20-16)15-10-9-13-7-5-6-8-14(13)15/h5-8,11,15,18H,4,9-10H2,1-3H3. The molecule has 1 aromatic heterocycles. The number of thiazole rings is 1. The third-order valence-corrected chi connectivity index (χ3v) is 5.64. The Morgan fingerprint density at radius 1 is 1.40 bits per heavy atom. The second kappa shape index (κ2) is 5.66. The van der Waals surface area contributed by atoms with Gasteiger partial charge in [-0.3, -0.25) is 0 Å². The second-order valence-electron chi connectivity index (χ2n) is 5.57. The van der Waals surface area contributed by atoms with E-state index in [1.165, 1.54) is 39.5 Å². The van der Waals surface area contributed by atoms with Crippen molar-refractivity contribution in [2.45, 2.75) is 45.6 Å². The molecule has 0 radical (unpaired) electrons. The van der Waals surface area contributed by atoms with Gasteiger partial charge < -0.3 is 5.32 Å². The summed E-state index contributed by atoms with van der Waals surface area (Å²) in [6, 6.07) is 9.24. The summed E-state index contributed by atoms with van der Waals surface area (Å²) < 4.78 is 0. The maximum Gasteiger partial charge on any atom is 0.101 e. The summed E-state index contributed by atoms with van der Waals surface area (Å²) in [5.74, 6) is 0.512. The van der Waals surface area contributed by atoms with Crippen LogP contribution in [0.4, 0.5) is 0 Å². The highest BCUT2D eigenvalue weighted by Crippen LogP contribution is 2.41. The zero-order valence-corrected chi connectivity index (χ0v) is 13.3. The lowest BCUT2D eigenvalue weighted by Gasteiger charge is -2.10. The number of nitrogens with zero attached hydrogens (tertiary/aromatic N) is 1. The summed E-state index contributed by atoms with van der Waals surface area (Å²) in [6.07, 6.45) is 2.40. The molecule has 0 saturated carbocycles. The Bertz CT molecular complexity index is 603. The molecule has 2 nitrogen and oxygen atoms in total. The number of nitrogens with one attached hydrogen (secondary N) is 1. The number of aryl methyl sites for hydroxylation is 2. The van der Waals surface area contributed by atoms with E-state index < -0.39 is 0 Å². The Morgan fingerprint density at radius 3 is 3.00 bits per heavy atom. The highest BCUT2D eigenvalue weighted by Gasteiger charge is 2.27. The zero-order chi connectivity index (χ0) is 14.1. The van der Waals surface area contributed by atoms with Gasteiger partial charge >= 0.3 is 0 Å². The Morgan fingerprint density at radius 2 is 2.20 bits per heavy atom. The van der Waals surface area contributed by atoms with Gasteiger partial charge in [-0.1, -0.05) is 31.2 Å². The third kappa shape index (κ3) is 2.40. The first kappa shape index (κ1) is 13.8. The maximum atomic E-state index is 4.87. The van der Waals surface area contributed by atoms with Crippen molar-refractivity contribution in [1.82, 2.24) is 10.3 Å². The van der Waals surface area contributed by atoms with Gasteiger partial charge in [0.1, 0.15) is 5.01 Å². The monoisotopic (exact) mass is 286 g/mol. The number of aromatic nitrogens is 1. The van der Waals surface area contributed by atoms with Crippen LogP contribution < -0.4 is 5.32 Å². The normalized spacial score (nSPS) is 19.1. The van der Waals surface area contributed by atoms with E-state index in [1.807, 2.05) is 11.3 Å². The fourth-order valence-electron chi connectivity index (χ4n) is 3.19. The average molecular weight is 286 g/mol. The van der Waals surface area contributed by atoms with Crippen LogP contribution in [0.1, 0.15) is 58.9 Å². The maximum absolute atomic E-state index is 4.87. The van der Waals surface area contributed by atoms with Crippen molar-refractivity contribution in [2.24, 2.45) is 0 Å². The molecule has 106 valence electrons. The summed E-state index contributed by atoms with van der Waals surface area (Å²) in [4.78, 5) is 6.27. The number of hydrogen-bond acceptors (Lipinski definition) is 3. The van der Waals surface area contributed by atoms with Crippen LogP contribution in [0.5, 0.6) is 0 Å². The van der Waals surface area contributed by atoms with Crippen LogP contribution in [0.3, 0.4) is 0 Å². The first-order valence-corrected chi connectivity index (χ1v) is 8.30. The van der Waals surface area contributed by atoms with E-state index in [0.717, 1.165) is 6.54 Å². The summed E-state index contributed by atoms with van der Waals surface area (Å²) in [7, 11) is 0. The van der Waals surface area contributed by atoms with E-state index in [4.69, 9.17) is 4.98 Å². The highest BCUT2D eigenvalue weighted by atomic mass is 32.1. The smallest absolute Gasteiger partial charge is 0.101 e. The van der Waals surface area contributed by atoms with Crippen LogP contribution in [-0.4, -0.2) is 11.5 Å².